The summed E-state index contributed by atoms with van der Waals surface area (Å²) in [5.41, 5.74) is 0. The van der Waals surface area contributed by atoms with Crippen molar-refractivity contribution in [1.29, 1.82) is 0 Å². The molecule has 0 radical (unpaired) electrons. The Kier molecular flexibility index (Phi) is 25.6. The van der Waals surface area contributed by atoms with Crippen LogP contribution in [0.2, 0.25) is 0 Å². The van der Waals surface area contributed by atoms with Gasteiger partial charge in [0.2, 0.25) is 0 Å². The van der Waals surface area contributed by atoms with E-state index in [4.69, 9.17) is 0 Å². The fourth-order valence-corrected chi connectivity index (χ4v) is 1.39. The second-order valence-corrected chi connectivity index (χ2v) is 4.83. The summed E-state index contributed by atoms with van der Waals surface area (Å²) in [5, 5.41) is 0. The van der Waals surface area contributed by atoms with Crippen molar-refractivity contribution in [3.8, 4) is 0 Å². The molecule has 2 unspecified atom stereocenters. The fourth-order valence-electron chi connectivity index (χ4n) is 1.39. The minimum absolute atomic E-state index is 0. The van der Waals surface area contributed by atoms with Crippen LogP contribution >= 0.6 is 0 Å². The van der Waals surface area contributed by atoms with E-state index in [-0.39, 0.29) is 21.1 Å². The molecule has 0 bridgehead atoms. The van der Waals surface area contributed by atoms with Crippen molar-refractivity contribution < 1.29 is 21.1 Å². The van der Waals surface area contributed by atoms with Crippen LogP contribution in [0.3, 0.4) is 0 Å². The van der Waals surface area contributed by atoms with Gasteiger partial charge in [0.25, 0.3) is 0 Å². The molecule has 0 aromatic rings. The van der Waals surface area contributed by atoms with Crippen LogP contribution in [-0.2, 0) is 21.1 Å². The molecule has 0 aromatic carbocycles. The molecule has 104 valence electrons. The van der Waals surface area contributed by atoms with E-state index in [0.717, 1.165) is 0 Å². The summed E-state index contributed by atoms with van der Waals surface area (Å²) in [6.45, 7) is 16.8. The monoisotopic (exact) mass is 324 g/mol. The van der Waals surface area contributed by atoms with Crippen molar-refractivity contribution in [1.82, 2.24) is 0 Å². The third-order valence-electron chi connectivity index (χ3n) is 3.09. The van der Waals surface area contributed by atoms with E-state index in [2.05, 4.69) is 41.5 Å². The number of rotatable bonds is 8. The van der Waals surface area contributed by atoms with Crippen molar-refractivity contribution in [2.45, 2.75) is 79.1 Å². The predicted molar refractivity (Wildman–Crippen MR) is 77.3 cm³/mol. The van der Waals surface area contributed by atoms with Crippen LogP contribution in [0, 0.1) is 25.7 Å². The quantitative estimate of drug-likeness (QED) is 0.376. The van der Waals surface area contributed by atoms with E-state index in [1.165, 1.54) is 51.4 Å². The number of hydrogen-bond acceptors (Lipinski definition) is 0. The van der Waals surface area contributed by atoms with Gasteiger partial charge in [-0.1, -0.05) is 79.1 Å². The van der Waals surface area contributed by atoms with Crippen molar-refractivity contribution >= 4 is 0 Å². The summed E-state index contributed by atoms with van der Waals surface area (Å²) in [7, 11) is 0. The van der Waals surface area contributed by atoms with E-state index >= 15 is 0 Å². The second kappa shape index (κ2) is 19.0. The zero-order valence-corrected chi connectivity index (χ0v) is 14.6. The van der Waals surface area contributed by atoms with Crippen LogP contribution in [-0.4, -0.2) is 0 Å². The Morgan fingerprint density at radius 3 is 1.18 bits per heavy atom. The first-order valence-corrected chi connectivity index (χ1v) is 7.28. The van der Waals surface area contributed by atoms with E-state index in [0.29, 0.717) is 11.8 Å². The first-order chi connectivity index (χ1) is 7.62. The normalized spacial score (nSPS) is 13.1. The van der Waals surface area contributed by atoms with Crippen LogP contribution in [0.1, 0.15) is 79.1 Å². The van der Waals surface area contributed by atoms with Crippen LogP contribution < -0.4 is 0 Å². The Morgan fingerprint density at radius 1 is 0.706 bits per heavy atom. The van der Waals surface area contributed by atoms with Crippen molar-refractivity contribution in [2.75, 3.05) is 0 Å². The van der Waals surface area contributed by atoms with Gasteiger partial charge < -0.3 is 13.8 Å². The molecule has 0 fully saturated rings. The summed E-state index contributed by atoms with van der Waals surface area (Å²) in [5.74, 6) is 1.41. The largest absolute Gasteiger partial charge is 2.00 e. The SMILES string of the molecule is [CH2-]C(CC)CCCC.[CH2-]C(CC)CCCC.[Mo+2]. The standard InChI is InChI=1S/2C8H17.Mo/c2*1-4-6-7-8(3)5-2;/h2*8H,3-7H2,1-2H3;/q2*-1;+2. The molecule has 17 heavy (non-hydrogen) atoms. The van der Waals surface area contributed by atoms with Crippen molar-refractivity contribution in [2.24, 2.45) is 11.8 Å². The smallest absolute Gasteiger partial charge is 0.340 e. The molecule has 0 rings (SSSR count). The average Bonchev–Trinajstić information content (AvgIpc) is 2.33. The molecule has 0 nitrogen and oxygen atoms in total. The van der Waals surface area contributed by atoms with Gasteiger partial charge >= 0.3 is 21.1 Å². The Balaban J connectivity index is -0.000000218. The van der Waals surface area contributed by atoms with E-state index in [1.54, 1.807) is 0 Å². The maximum Gasteiger partial charge on any atom is 2.00 e. The molecule has 0 aliphatic heterocycles. The van der Waals surface area contributed by atoms with Crippen LogP contribution in [0.25, 0.3) is 0 Å². The molecule has 0 aliphatic carbocycles. The van der Waals surface area contributed by atoms with Gasteiger partial charge in [0, 0.05) is 0 Å². The Morgan fingerprint density at radius 2 is 1.00 bits per heavy atom. The summed E-state index contributed by atoms with van der Waals surface area (Å²) in [6, 6.07) is 0. The molecule has 0 saturated heterocycles. The third-order valence-corrected chi connectivity index (χ3v) is 3.09. The zero-order chi connectivity index (χ0) is 12.8. The number of unbranched alkanes of at least 4 members (excludes halogenated alkanes) is 2. The minimum atomic E-state index is 0. The molecule has 0 saturated carbocycles. The molecule has 1 heteroatoms. The Bertz CT molecular complexity index is 98.1. The van der Waals surface area contributed by atoms with Gasteiger partial charge in [0.05, 0.1) is 0 Å². The van der Waals surface area contributed by atoms with E-state index < -0.39 is 0 Å². The van der Waals surface area contributed by atoms with Gasteiger partial charge in [0.15, 0.2) is 0 Å². The molecule has 0 aromatic heterocycles. The minimum Gasteiger partial charge on any atom is -0.340 e. The first-order valence-electron chi connectivity index (χ1n) is 7.28. The number of hydrogen-bond donors (Lipinski definition) is 0. The van der Waals surface area contributed by atoms with Crippen LogP contribution in [0.4, 0.5) is 0 Å². The molecule has 0 amide bonds. The van der Waals surface area contributed by atoms with Gasteiger partial charge in [-0.15, -0.1) is 0 Å². The molecular formula is C16H34Mo. The summed E-state index contributed by atoms with van der Waals surface area (Å²) in [6.07, 6.45) is 10.4. The molecule has 0 heterocycles. The van der Waals surface area contributed by atoms with Gasteiger partial charge in [-0.3, -0.25) is 0 Å². The Hall–Kier alpha value is 0.688. The Labute approximate surface area is 126 Å². The van der Waals surface area contributed by atoms with Crippen LogP contribution in [0.5, 0.6) is 0 Å². The second-order valence-electron chi connectivity index (χ2n) is 4.83. The topological polar surface area (TPSA) is 0 Å². The maximum atomic E-state index is 3.99. The summed E-state index contributed by atoms with van der Waals surface area (Å²) < 4.78 is 0. The summed E-state index contributed by atoms with van der Waals surface area (Å²) in [4.78, 5) is 0. The molecule has 0 aliphatic rings. The predicted octanol–water partition coefficient (Wildman–Crippen LogP) is 6.07. The first kappa shape index (κ1) is 22.8. The van der Waals surface area contributed by atoms with Gasteiger partial charge in [-0.05, 0) is 0 Å². The zero-order valence-electron chi connectivity index (χ0n) is 12.6. The fraction of sp³-hybridized carbons (Fsp3) is 0.875. The molecule has 0 spiro atoms. The van der Waals surface area contributed by atoms with Gasteiger partial charge in [-0.25, -0.2) is 0 Å². The van der Waals surface area contributed by atoms with E-state index in [1.807, 2.05) is 0 Å². The third kappa shape index (κ3) is 22.4. The van der Waals surface area contributed by atoms with Crippen molar-refractivity contribution in [3.05, 3.63) is 13.8 Å². The van der Waals surface area contributed by atoms with Gasteiger partial charge in [0.1, 0.15) is 0 Å². The van der Waals surface area contributed by atoms with Crippen LogP contribution in [0.15, 0.2) is 0 Å². The van der Waals surface area contributed by atoms with Crippen molar-refractivity contribution in [3.63, 3.8) is 0 Å². The van der Waals surface area contributed by atoms with E-state index in [9.17, 15) is 0 Å². The molecule has 0 N–H and O–H groups in total. The average molecular weight is 322 g/mol. The molecule has 2 atom stereocenters. The maximum absolute atomic E-state index is 3.99. The van der Waals surface area contributed by atoms with Gasteiger partial charge in [-0.2, -0.15) is 11.8 Å². The molecular weight excluding hydrogens is 288 g/mol. The summed E-state index contributed by atoms with van der Waals surface area (Å²) >= 11 is 0.